The van der Waals surface area contributed by atoms with Crippen LogP contribution >= 0.6 is 0 Å². The van der Waals surface area contributed by atoms with Crippen LogP contribution in [0.1, 0.15) is 50.0 Å². The molecule has 0 bridgehead atoms. The van der Waals surface area contributed by atoms with Crippen molar-refractivity contribution in [2.75, 3.05) is 27.9 Å². The molecule has 2 aromatic heterocycles. The Morgan fingerprint density at radius 3 is 2.56 bits per heavy atom. The highest BCUT2D eigenvalue weighted by molar-refractivity contribution is 5.98. The standard InChI is InChI=1S/C26H35N3O5/c1-16-8-6-9-19(17(16)2)27-25(30)21-15-29-20(26(31)28(21)12-7-13-32-3)14-18-22(33-4)10-11-23(34-5)24(18)29/h10-11,14-17,19H,6-9,12-13H2,1-5H3,(H,27,30). The first-order valence-corrected chi connectivity index (χ1v) is 12.0. The van der Waals surface area contributed by atoms with Crippen molar-refractivity contribution in [2.45, 2.75) is 52.1 Å². The van der Waals surface area contributed by atoms with Crippen molar-refractivity contribution < 1.29 is 19.0 Å². The molecule has 8 heteroatoms. The van der Waals surface area contributed by atoms with Crippen LogP contribution in [0.25, 0.3) is 16.4 Å². The largest absolute Gasteiger partial charge is 0.496 e. The Hall–Kier alpha value is -3.00. The quantitative estimate of drug-likeness (QED) is 0.507. The summed E-state index contributed by atoms with van der Waals surface area (Å²) >= 11 is 0. The van der Waals surface area contributed by atoms with Gasteiger partial charge in [-0.2, -0.15) is 0 Å². The molecule has 0 aliphatic heterocycles. The van der Waals surface area contributed by atoms with Gasteiger partial charge in [-0.15, -0.1) is 0 Å². The summed E-state index contributed by atoms with van der Waals surface area (Å²) < 4.78 is 19.6. The third-order valence-electron chi connectivity index (χ3n) is 7.35. The topological polar surface area (TPSA) is 83.2 Å². The number of benzene rings is 1. The van der Waals surface area contributed by atoms with Crippen LogP contribution in [0.2, 0.25) is 0 Å². The van der Waals surface area contributed by atoms with E-state index in [1.54, 1.807) is 42.6 Å². The lowest BCUT2D eigenvalue weighted by Crippen LogP contribution is -2.45. The number of methoxy groups -OCH3 is 3. The van der Waals surface area contributed by atoms with Crippen molar-refractivity contribution in [3.8, 4) is 11.5 Å². The van der Waals surface area contributed by atoms with Crippen LogP contribution in [0.5, 0.6) is 11.5 Å². The number of carbonyl (C=O) groups excluding carboxylic acids is 1. The van der Waals surface area contributed by atoms with E-state index < -0.39 is 0 Å². The van der Waals surface area contributed by atoms with E-state index in [-0.39, 0.29) is 17.5 Å². The summed E-state index contributed by atoms with van der Waals surface area (Å²) in [5.74, 6) is 1.95. The fourth-order valence-corrected chi connectivity index (χ4v) is 5.16. The molecule has 1 N–H and O–H groups in total. The van der Waals surface area contributed by atoms with Gasteiger partial charge < -0.3 is 28.5 Å². The Bertz CT molecular complexity index is 1240. The highest BCUT2D eigenvalue weighted by Crippen LogP contribution is 2.35. The number of nitrogens with one attached hydrogen (secondary N) is 1. The molecule has 1 aliphatic carbocycles. The van der Waals surface area contributed by atoms with E-state index in [9.17, 15) is 9.59 Å². The van der Waals surface area contributed by atoms with Crippen LogP contribution in [-0.4, -0.2) is 48.9 Å². The maximum Gasteiger partial charge on any atom is 0.275 e. The molecule has 4 rings (SSSR count). The molecule has 2 heterocycles. The fourth-order valence-electron chi connectivity index (χ4n) is 5.16. The third kappa shape index (κ3) is 4.27. The van der Waals surface area contributed by atoms with Crippen molar-refractivity contribution in [3.63, 3.8) is 0 Å². The summed E-state index contributed by atoms with van der Waals surface area (Å²) in [6.45, 7) is 5.32. The first kappa shape index (κ1) is 24.1. The Balaban J connectivity index is 1.87. The fraction of sp³-hybridized carbons (Fsp3) is 0.538. The number of fused-ring (bicyclic) bond motifs is 3. The Morgan fingerprint density at radius 1 is 1.12 bits per heavy atom. The second kappa shape index (κ2) is 10.1. The normalized spacial score (nSPS) is 20.6. The molecule has 0 radical (unpaired) electrons. The van der Waals surface area contributed by atoms with Gasteiger partial charge in [0.25, 0.3) is 11.5 Å². The predicted molar refractivity (Wildman–Crippen MR) is 132 cm³/mol. The van der Waals surface area contributed by atoms with Gasteiger partial charge in [-0.05, 0) is 42.9 Å². The lowest BCUT2D eigenvalue weighted by molar-refractivity contribution is 0.0878. The molecule has 1 aliphatic rings. The molecule has 3 unspecified atom stereocenters. The van der Waals surface area contributed by atoms with Crippen LogP contribution in [0.3, 0.4) is 0 Å². The smallest absolute Gasteiger partial charge is 0.275 e. The minimum atomic E-state index is -0.230. The molecule has 1 fully saturated rings. The first-order chi connectivity index (χ1) is 16.4. The molecular formula is C26H35N3O5. The predicted octanol–water partition coefficient (Wildman–Crippen LogP) is 3.86. The van der Waals surface area contributed by atoms with Crippen LogP contribution < -0.4 is 20.3 Å². The average molecular weight is 470 g/mol. The first-order valence-electron chi connectivity index (χ1n) is 12.0. The molecule has 184 valence electrons. The van der Waals surface area contributed by atoms with Gasteiger partial charge in [0.05, 0.1) is 19.7 Å². The SMILES string of the molecule is COCCCn1c(C(=O)NC2CCCC(C)C2C)cn2c(cc3c(OC)ccc(OC)c32)c1=O. The van der Waals surface area contributed by atoms with Crippen LogP contribution in [0.15, 0.2) is 29.2 Å². The summed E-state index contributed by atoms with van der Waals surface area (Å²) in [5.41, 5.74) is 1.27. The molecule has 1 aromatic carbocycles. The van der Waals surface area contributed by atoms with Crippen LogP contribution in [0.4, 0.5) is 0 Å². The van der Waals surface area contributed by atoms with E-state index in [1.165, 1.54) is 6.42 Å². The summed E-state index contributed by atoms with van der Waals surface area (Å²) in [5, 5.41) is 3.99. The van der Waals surface area contributed by atoms with Crippen molar-refractivity contribution in [3.05, 3.63) is 40.4 Å². The Morgan fingerprint density at radius 2 is 1.85 bits per heavy atom. The molecule has 1 amide bonds. The molecule has 34 heavy (non-hydrogen) atoms. The number of hydrogen-bond donors (Lipinski definition) is 1. The number of hydrogen-bond acceptors (Lipinski definition) is 5. The summed E-state index contributed by atoms with van der Waals surface area (Å²) in [4.78, 5) is 27.2. The number of nitrogens with zero attached hydrogens (tertiary/aromatic N) is 2. The van der Waals surface area contributed by atoms with Crippen molar-refractivity contribution in [2.24, 2.45) is 11.8 Å². The number of ether oxygens (including phenoxy) is 3. The molecule has 3 atom stereocenters. The van der Waals surface area contributed by atoms with Gasteiger partial charge in [-0.25, -0.2) is 0 Å². The number of rotatable bonds is 8. The van der Waals surface area contributed by atoms with Gasteiger partial charge >= 0.3 is 0 Å². The molecule has 3 aromatic rings. The van der Waals surface area contributed by atoms with Gasteiger partial charge in [-0.3, -0.25) is 9.59 Å². The minimum absolute atomic E-state index is 0.0884. The van der Waals surface area contributed by atoms with E-state index in [0.717, 1.165) is 18.2 Å². The Labute approximate surface area is 199 Å². The van der Waals surface area contributed by atoms with Crippen LogP contribution in [0, 0.1) is 11.8 Å². The average Bonchev–Trinajstić information content (AvgIpc) is 3.23. The number of aromatic nitrogens is 2. The number of amides is 1. The third-order valence-corrected chi connectivity index (χ3v) is 7.35. The lowest BCUT2D eigenvalue weighted by Gasteiger charge is -2.34. The summed E-state index contributed by atoms with van der Waals surface area (Å²) in [6.07, 6.45) is 5.59. The highest BCUT2D eigenvalue weighted by atomic mass is 16.5. The zero-order valence-electron chi connectivity index (χ0n) is 20.7. The van der Waals surface area contributed by atoms with Gasteiger partial charge in [0.1, 0.15) is 22.7 Å². The van der Waals surface area contributed by atoms with E-state index in [2.05, 4.69) is 19.2 Å². The van der Waals surface area contributed by atoms with E-state index in [0.29, 0.717) is 59.6 Å². The van der Waals surface area contributed by atoms with Gasteiger partial charge in [0.15, 0.2) is 0 Å². The minimum Gasteiger partial charge on any atom is -0.496 e. The summed E-state index contributed by atoms with van der Waals surface area (Å²) in [6, 6.07) is 5.52. The van der Waals surface area contributed by atoms with Gasteiger partial charge in [-0.1, -0.05) is 26.7 Å². The molecule has 0 spiro atoms. The monoisotopic (exact) mass is 469 g/mol. The maximum atomic E-state index is 13.7. The van der Waals surface area contributed by atoms with Crippen LogP contribution in [-0.2, 0) is 11.3 Å². The molecular weight excluding hydrogens is 434 g/mol. The number of carbonyl (C=O) groups is 1. The molecule has 1 saturated carbocycles. The second-order valence-corrected chi connectivity index (χ2v) is 9.30. The highest BCUT2D eigenvalue weighted by Gasteiger charge is 2.29. The second-order valence-electron chi connectivity index (χ2n) is 9.30. The van der Waals surface area contributed by atoms with Crippen molar-refractivity contribution in [1.82, 2.24) is 14.3 Å². The van der Waals surface area contributed by atoms with E-state index in [4.69, 9.17) is 14.2 Å². The zero-order valence-corrected chi connectivity index (χ0v) is 20.7. The molecule has 8 nitrogen and oxygen atoms in total. The summed E-state index contributed by atoms with van der Waals surface area (Å²) in [7, 11) is 4.81. The van der Waals surface area contributed by atoms with Gasteiger partial charge in [0, 0.05) is 37.9 Å². The van der Waals surface area contributed by atoms with Gasteiger partial charge in [0.2, 0.25) is 0 Å². The van der Waals surface area contributed by atoms with Crippen molar-refractivity contribution >= 4 is 22.3 Å². The van der Waals surface area contributed by atoms with E-state index >= 15 is 0 Å². The molecule has 0 saturated heterocycles. The maximum absolute atomic E-state index is 13.7. The Kier molecular flexibility index (Phi) is 7.16. The zero-order chi connectivity index (χ0) is 24.4. The lowest BCUT2D eigenvalue weighted by atomic mass is 9.78. The van der Waals surface area contributed by atoms with E-state index in [1.807, 2.05) is 12.1 Å². The van der Waals surface area contributed by atoms with Crippen molar-refractivity contribution in [1.29, 1.82) is 0 Å².